The first-order chi connectivity index (χ1) is 13.5. The molecule has 0 heterocycles. The SMILES string of the molecule is NC(=O)c1cccc(-c2ccc(CN[C@H]3Cc4ccc(F)cc4C3)cc2)c1Cl. The van der Waals surface area contributed by atoms with Crippen LogP contribution in [0, 0.1) is 5.82 Å². The van der Waals surface area contributed by atoms with Crippen molar-refractivity contribution in [2.45, 2.75) is 25.4 Å². The molecule has 28 heavy (non-hydrogen) atoms. The second kappa shape index (κ2) is 7.74. The lowest BCUT2D eigenvalue weighted by molar-refractivity contribution is 0.100. The second-order valence-electron chi connectivity index (χ2n) is 7.13. The van der Waals surface area contributed by atoms with Crippen molar-refractivity contribution in [2.24, 2.45) is 5.73 Å². The Bertz CT molecular complexity index is 1030. The van der Waals surface area contributed by atoms with E-state index >= 15 is 0 Å². The number of benzene rings is 3. The van der Waals surface area contributed by atoms with E-state index in [4.69, 9.17) is 17.3 Å². The number of primary amides is 1. The number of fused-ring (bicyclic) bond motifs is 1. The Morgan fingerprint density at radius 3 is 2.57 bits per heavy atom. The first-order valence-electron chi connectivity index (χ1n) is 9.19. The number of hydrogen-bond donors (Lipinski definition) is 2. The molecule has 0 saturated carbocycles. The third-order valence-corrected chi connectivity index (χ3v) is 5.63. The third-order valence-electron chi connectivity index (χ3n) is 5.22. The lowest BCUT2D eigenvalue weighted by Crippen LogP contribution is -2.28. The van der Waals surface area contributed by atoms with Crippen molar-refractivity contribution in [3.05, 3.63) is 93.8 Å². The number of halogens is 2. The molecule has 0 unspecified atom stereocenters. The molecule has 0 aromatic heterocycles. The Morgan fingerprint density at radius 1 is 1.07 bits per heavy atom. The van der Waals surface area contributed by atoms with Gasteiger partial charge in [0.05, 0.1) is 10.6 Å². The summed E-state index contributed by atoms with van der Waals surface area (Å²) in [6.07, 6.45) is 1.77. The van der Waals surface area contributed by atoms with Crippen LogP contribution in [0.2, 0.25) is 5.02 Å². The molecule has 142 valence electrons. The molecule has 1 aliphatic rings. The van der Waals surface area contributed by atoms with Gasteiger partial charge in [0, 0.05) is 18.2 Å². The van der Waals surface area contributed by atoms with Gasteiger partial charge in [-0.25, -0.2) is 4.39 Å². The topological polar surface area (TPSA) is 55.1 Å². The summed E-state index contributed by atoms with van der Waals surface area (Å²) in [6, 6.07) is 18.7. The fourth-order valence-electron chi connectivity index (χ4n) is 3.74. The summed E-state index contributed by atoms with van der Waals surface area (Å²) in [7, 11) is 0. The van der Waals surface area contributed by atoms with Crippen LogP contribution in [-0.4, -0.2) is 11.9 Å². The Balaban J connectivity index is 1.42. The van der Waals surface area contributed by atoms with Crippen molar-refractivity contribution in [3.63, 3.8) is 0 Å². The summed E-state index contributed by atoms with van der Waals surface area (Å²) in [5.41, 5.74) is 10.9. The van der Waals surface area contributed by atoms with Crippen molar-refractivity contribution < 1.29 is 9.18 Å². The van der Waals surface area contributed by atoms with Crippen molar-refractivity contribution in [1.82, 2.24) is 5.32 Å². The standard InChI is InChI=1S/C23H20ClFN2O/c24-22-20(2-1-3-21(22)23(26)28)15-6-4-14(5-7-15)13-27-19-11-16-8-9-18(25)10-17(16)12-19/h1-10,19,27H,11-13H2,(H2,26,28)/t19-/m0/s1. The largest absolute Gasteiger partial charge is 0.366 e. The first kappa shape index (κ1) is 18.7. The van der Waals surface area contributed by atoms with Gasteiger partial charge in [-0.3, -0.25) is 4.79 Å². The minimum absolute atomic E-state index is 0.172. The minimum Gasteiger partial charge on any atom is -0.366 e. The lowest BCUT2D eigenvalue weighted by Gasteiger charge is -2.13. The van der Waals surface area contributed by atoms with Gasteiger partial charge in [0.25, 0.3) is 0 Å². The number of amides is 1. The van der Waals surface area contributed by atoms with Gasteiger partial charge >= 0.3 is 0 Å². The van der Waals surface area contributed by atoms with Crippen LogP contribution in [0.5, 0.6) is 0 Å². The summed E-state index contributed by atoms with van der Waals surface area (Å²) in [6.45, 7) is 0.733. The maximum absolute atomic E-state index is 13.4. The number of carbonyl (C=O) groups is 1. The van der Waals surface area contributed by atoms with E-state index in [-0.39, 0.29) is 5.82 Å². The summed E-state index contributed by atoms with van der Waals surface area (Å²) in [5.74, 6) is -0.709. The van der Waals surface area contributed by atoms with E-state index in [0.717, 1.165) is 41.6 Å². The van der Waals surface area contributed by atoms with Crippen LogP contribution in [0.1, 0.15) is 27.0 Å². The number of carbonyl (C=O) groups excluding carboxylic acids is 1. The van der Waals surface area contributed by atoms with Crippen LogP contribution in [0.15, 0.2) is 60.7 Å². The highest BCUT2D eigenvalue weighted by atomic mass is 35.5. The van der Waals surface area contributed by atoms with Gasteiger partial charge in [-0.1, -0.05) is 54.1 Å². The molecule has 3 aromatic rings. The average Bonchev–Trinajstić information content (AvgIpc) is 3.09. The molecule has 0 bridgehead atoms. The van der Waals surface area contributed by atoms with Gasteiger partial charge in [0.1, 0.15) is 5.82 Å². The van der Waals surface area contributed by atoms with Crippen LogP contribution >= 0.6 is 11.6 Å². The Hall–Kier alpha value is -2.69. The van der Waals surface area contributed by atoms with Crippen molar-refractivity contribution >= 4 is 17.5 Å². The molecule has 4 rings (SSSR count). The zero-order chi connectivity index (χ0) is 19.7. The molecular weight excluding hydrogens is 375 g/mol. The normalized spacial score (nSPS) is 15.4. The summed E-state index contributed by atoms with van der Waals surface area (Å²) in [5, 5.41) is 3.92. The molecule has 0 spiro atoms. The lowest BCUT2D eigenvalue weighted by atomic mass is 10.0. The van der Waals surface area contributed by atoms with E-state index in [0.29, 0.717) is 16.6 Å². The average molecular weight is 395 g/mol. The molecule has 0 fully saturated rings. The van der Waals surface area contributed by atoms with Crippen LogP contribution in [0.4, 0.5) is 4.39 Å². The maximum atomic E-state index is 13.4. The Labute approximate surface area is 168 Å². The number of rotatable bonds is 5. The number of nitrogens with one attached hydrogen (secondary N) is 1. The zero-order valence-electron chi connectivity index (χ0n) is 15.2. The smallest absolute Gasteiger partial charge is 0.250 e. The molecule has 0 aliphatic heterocycles. The predicted molar refractivity (Wildman–Crippen MR) is 110 cm³/mol. The third kappa shape index (κ3) is 3.79. The second-order valence-corrected chi connectivity index (χ2v) is 7.51. The Morgan fingerprint density at radius 2 is 1.82 bits per heavy atom. The summed E-state index contributed by atoms with van der Waals surface area (Å²) >= 11 is 6.34. The predicted octanol–water partition coefficient (Wildman–Crippen LogP) is 4.50. The zero-order valence-corrected chi connectivity index (χ0v) is 16.0. The summed E-state index contributed by atoms with van der Waals surface area (Å²) < 4.78 is 13.4. The van der Waals surface area contributed by atoms with E-state index in [1.54, 1.807) is 18.2 Å². The molecule has 5 heteroatoms. The van der Waals surface area contributed by atoms with E-state index in [2.05, 4.69) is 5.32 Å². The summed E-state index contributed by atoms with van der Waals surface area (Å²) in [4.78, 5) is 11.5. The van der Waals surface area contributed by atoms with E-state index in [1.807, 2.05) is 36.4 Å². The van der Waals surface area contributed by atoms with Gasteiger partial charge in [0.2, 0.25) is 5.91 Å². The molecule has 3 nitrogen and oxygen atoms in total. The monoisotopic (exact) mass is 394 g/mol. The number of nitrogens with two attached hydrogens (primary N) is 1. The molecular formula is C23H20ClFN2O. The van der Waals surface area contributed by atoms with E-state index < -0.39 is 5.91 Å². The van der Waals surface area contributed by atoms with Gasteiger partial charge < -0.3 is 11.1 Å². The molecule has 3 aromatic carbocycles. The molecule has 1 amide bonds. The maximum Gasteiger partial charge on any atom is 0.250 e. The van der Waals surface area contributed by atoms with Gasteiger partial charge in [-0.2, -0.15) is 0 Å². The van der Waals surface area contributed by atoms with Crippen molar-refractivity contribution in [1.29, 1.82) is 0 Å². The highest BCUT2D eigenvalue weighted by Gasteiger charge is 2.21. The first-order valence-corrected chi connectivity index (χ1v) is 9.57. The van der Waals surface area contributed by atoms with Crippen LogP contribution in [0.3, 0.4) is 0 Å². The molecule has 0 saturated heterocycles. The van der Waals surface area contributed by atoms with E-state index in [1.165, 1.54) is 11.6 Å². The quantitative estimate of drug-likeness (QED) is 0.669. The van der Waals surface area contributed by atoms with Crippen LogP contribution in [0.25, 0.3) is 11.1 Å². The fraction of sp³-hybridized carbons (Fsp3) is 0.174. The van der Waals surface area contributed by atoms with Crippen molar-refractivity contribution in [2.75, 3.05) is 0 Å². The van der Waals surface area contributed by atoms with E-state index in [9.17, 15) is 9.18 Å². The Kier molecular flexibility index (Phi) is 5.16. The van der Waals surface area contributed by atoms with Crippen LogP contribution < -0.4 is 11.1 Å². The minimum atomic E-state index is -0.537. The highest BCUT2D eigenvalue weighted by Crippen LogP contribution is 2.31. The van der Waals surface area contributed by atoms with Gasteiger partial charge in [-0.05, 0) is 53.3 Å². The fourth-order valence-corrected chi connectivity index (χ4v) is 4.07. The molecule has 3 N–H and O–H groups in total. The molecule has 0 radical (unpaired) electrons. The molecule has 1 aliphatic carbocycles. The van der Waals surface area contributed by atoms with Crippen molar-refractivity contribution in [3.8, 4) is 11.1 Å². The van der Waals surface area contributed by atoms with Gasteiger partial charge in [0.15, 0.2) is 0 Å². The van der Waals surface area contributed by atoms with Gasteiger partial charge in [-0.15, -0.1) is 0 Å². The number of hydrogen-bond acceptors (Lipinski definition) is 2. The van der Waals surface area contributed by atoms with Crippen LogP contribution in [-0.2, 0) is 19.4 Å². The molecule has 1 atom stereocenters. The highest BCUT2D eigenvalue weighted by molar-refractivity contribution is 6.36.